The molecule has 0 radical (unpaired) electrons. The molecule has 1 amide bonds. The predicted octanol–water partition coefficient (Wildman–Crippen LogP) is 2.42. The molecule has 0 spiro atoms. The zero-order valence-corrected chi connectivity index (χ0v) is 14.2. The molecular weight excluding hydrogens is 286 g/mol. The standard InChI is InChI=1S/C19H29N3O/c1-16(17-8-4-2-5-9-17)20-19(23)10-13-21-14-18(15-21)22-11-6-3-7-12-22/h2,4-5,8-9,16,18H,3,6-7,10-15H2,1H3,(H,20,23)/t16-/m1/s1. The van der Waals surface area contributed by atoms with Crippen molar-refractivity contribution in [1.29, 1.82) is 0 Å². The SMILES string of the molecule is C[C@@H](NC(=O)CCN1CC(N2CCCCC2)C1)c1ccccc1. The number of hydrogen-bond donors (Lipinski definition) is 1. The van der Waals surface area contributed by atoms with Crippen molar-refractivity contribution < 1.29 is 4.79 Å². The van der Waals surface area contributed by atoms with Crippen molar-refractivity contribution in [2.75, 3.05) is 32.7 Å². The number of nitrogens with zero attached hydrogens (tertiary/aromatic N) is 2. The number of benzene rings is 1. The summed E-state index contributed by atoms with van der Waals surface area (Å²) < 4.78 is 0. The number of rotatable bonds is 6. The van der Waals surface area contributed by atoms with Crippen LogP contribution in [0.5, 0.6) is 0 Å². The lowest BCUT2D eigenvalue weighted by atomic mass is 10.0. The van der Waals surface area contributed by atoms with Crippen LogP contribution in [-0.2, 0) is 4.79 Å². The van der Waals surface area contributed by atoms with Gasteiger partial charge in [0, 0.05) is 32.1 Å². The van der Waals surface area contributed by atoms with Gasteiger partial charge < -0.3 is 5.32 Å². The average Bonchev–Trinajstić information content (AvgIpc) is 2.55. The van der Waals surface area contributed by atoms with E-state index in [0.29, 0.717) is 6.42 Å². The molecule has 2 fully saturated rings. The van der Waals surface area contributed by atoms with E-state index in [2.05, 4.69) is 27.2 Å². The van der Waals surface area contributed by atoms with Gasteiger partial charge in [0.05, 0.1) is 6.04 Å². The summed E-state index contributed by atoms with van der Waals surface area (Å²) >= 11 is 0. The number of hydrogen-bond acceptors (Lipinski definition) is 3. The summed E-state index contributed by atoms with van der Waals surface area (Å²) in [5.74, 6) is 0.155. The molecule has 4 heteroatoms. The molecule has 2 saturated heterocycles. The van der Waals surface area contributed by atoms with Gasteiger partial charge in [-0.3, -0.25) is 14.6 Å². The third kappa shape index (κ3) is 4.55. The Balaban J connectivity index is 1.33. The minimum Gasteiger partial charge on any atom is -0.350 e. The lowest BCUT2D eigenvalue weighted by Gasteiger charge is -2.46. The van der Waals surface area contributed by atoms with Crippen LogP contribution in [0.3, 0.4) is 0 Å². The van der Waals surface area contributed by atoms with Crippen molar-refractivity contribution in [1.82, 2.24) is 15.1 Å². The summed E-state index contributed by atoms with van der Waals surface area (Å²) in [5.41, 5.74) is 1.16. The van der Waals surface area contributed by atoms with E-state index in [1.165, 1.54) is 32.4 Å². The van der Waals surface area contributed by atoms with Crippen LogP contribution < -0.4 is 5.32 Å². The van der Waals surface area contributed by atoms with Gasteiger partial charge in [-0.1, -0.05) is 36.8 Å². The number of likely N-dealkylation sites (tertiary alicyclic amines) is 2. The normalized spacial score (nSPS) is 21.6. The Morgan fingerprint density at radius 3 is 2.57 bits per heavy atom. The molecule has 0 bridgehead atoms. The maximum absolute atomic E-state index is 12.1. The minimum atomic E-state index is 0.0844. The predicted molar refractivity (Wildman–Crippen MR) is 93.3 cm³/mol. The van der Waals surface area contributed by atoms with E-state index in [0.717, 1.165) is 31.2 Å². The summed E-state index contributed by atoms with van der Waals surface area (Å²) in [6.45, 7) is 7.76. The second kappa shape index (κ2) is 7.93. The molecule has 0 aliphatic carbocycles. The second-order valence-electron chi connectivity index (χ2n) is 6.96. The third-order valence-corrected chi connectivity index (χ3v) is 5.18. The topological polar surface area (TPSA) is 35.6 Å². The Morgan fingerprint density at radius 1 is 1.17 bits per heavy atom. The summed E-state index contributed by atoms with van der Waals surface area (Å²) in [4.78, 5) is 17.2. The van der Waals surface area contributed by atoms with Crippen LogP contribution in [0.25, 0.3) is 0 Å². The second-order valence-corrected chi connectivity index (χ2v) is 6.96. The molecule has 23 heavy (non-hydrogen) atoms. The molecule has 1 aromatic carbocycles. The van der Waals surface area contributed by atoms with E-state index in [1.807, 2.05) is 25.1 Å². The first-order valence-corrected chi connectivity index (χ1v) is 9.03. The van der Waals surface area contributed by atoms with Crippen molar-refractivity contribution in [2.45, 2.75) is 44.7 Å². The van der Waals surface area contributed by atoms with Gasteiger partial charge in [-0.25, -0.2) is 0 Å². The zero-order chi connectivity index (χ0) is 16.1. The molecule has 2 aliphatic rings. The summed E-state index contributed by atoms with van der Waals surface area (Å²) in [6.07, 6.45) is 4.71. The Morgan fingerprint density at radius 2 is 1.87 bits per heavy atom. The molecule has 3 rings (SSSR count). The van der Waals surface area contributed by atoms with Gasteiger partial charge in [0.15, 0.2) is 0 Å². The number of amides is 1. The van der Waals surface area contributed by atoms with Crippen LogP contribution in [0.4, 0.5) is 0 Å². The van der Waals surface area contributed by atoms with Gasteiger partial charge in [0.1, 0.15) is 0 Å². The highest BCUT2D eigenvalue weighted by Crippen LogP contribution is 2.20. The van der Waals surface area contributed by atoms with Gasteiger partial charge in [-0.15, -0.1) is 0 Å². The van der Waals surface area contributed by atoms with Crippen molar-refractivity contribution in [3.05, 3.63) is 35.9 Å². The number of carbonyl (C=O) groups is 1. The zero-order valence-electron chi connectivity index (χ0n) is 14.2. The first kappa shape index (κ1) is 16.5. The van der Waals surface area contributed by atoms with Crippen LogP contribution in [-0.4, -0.2) is 54.5 Å². The Labute approximate surface area is 139 Å². The highest BCUT2D eigenvalue weighted by molar-refractivity contribution is 5.76. The fraction of sp³-hybridized carbons (Fsp3) is 0.632. The molecule has 126 valence electrons. The Bertz CT molecular complexity index is 493. The summed E-state index contributed by atoms with van der Waals surface area (Å²) in [5, 5.41) is 3.10. The molecule has 2 heterocycles. The molecule has 0 saturated carbocycles. The van der Waals surface area contributed by atoms with Crippen LogP contribution in [0.1, 0.15) is 44.2 Å². The largest absolute Gasteiger partial charge is 0.350 e. The lowest BCUT2D eigenvalue weighted by molar-refractivity contribution is -0.122. The average molecular weight is 315 g/mol. The first-order chi connectivity index (χ1) is 11.2. The fourth-order valence-electron chi connectivity index (χ4n) is 3.64. The van der Waals surface area contributed by atoms with Crippen LogP contribution in [0.15, 0.2) is 30.3 Å². The molecule has 1 aromatic rings. The quantitative estimate of drug-likeness (QED) is 0.876. The molecule has 0 unspecified atom stereocenters. The molecule has 2 aliphatic heterocycles. The number of carbonyl (C=O) groups excluding carboxylic acids is 1. The van der Waals surface area contributed by atoms with E-state index in [4.69, 9.17) is 0 Å². The Kier molecular flexibility index (Phi) is 5.68. The van der Waals surface area contributed by atoms with Crippen molar-refractivity contribution in [3.63, 3.8) is 0 Å². The maximum atomic E-state index is 12.1. The van der Waals surface area contributed by atoms with E-state index in [1.54, 1.807) is 0 Å². The van der Waals surface area contributed by atoms with Gasteiger partial charge in [0.25, 0.3) is 0 Å². The van der Waals surface area contributed by atoms with E-state index in [-0.39, 0.29) is 11.9 Å². The van der Waals surface area contributed by atoms with E-state index in [9.17, 15) is 4.79 Å². The van der Waals surface area contributed by atoms with Gasteiger partial charge in [-0.2, -0.15) is 0 Å². The number of nitrogens with one attached hydrogen (secondary N) is 1. The fourth-order valence-corrected chi connectivity index (χ4v) is 3.64. The molecule has 0 aromatic heterocycles. The molecule has 1 atom stereocenters. The van der Waals surface area contributed by atoms with Gasteiger partial charge in [0.2, 0.25) is 5.91 Å². The number of piperidine rings is 1. The molecule has 1 N–H and O–H groups in total. The van der Waals surface area contributed by atoms with Crippen molar-refractivity contribution in [3.8, 4) is 0 Å². The molecule has 4 nitrogen and oxygen atoms in total. The minimum absolute atomic E-state index is 0.0844. The van der Waals surface area contributed by atoms with Crippen molar-refractivity contribution >= 4 is 5.91 Å². The third-order valence-electron chi connectivity index (χ3n) is 5.18. The molecular formula is C19H29N3O. The first-order valence-electron chi connectivity index (χ1n) is 9.03. The van der Waals surface area contributed by atoms with E-state index >= 15 is 0 Å². The van der Waals surface area contributed by atoms with Crippen molar-refractivity contribution in [2.24, 2.45) is 0 Å². The van der Waals surface area contributed by atoms with E-state index < -0.39 is 0 Å². The highest BCUT2D eigenvalue weighted by Gasteiger charge is 2.32. The van der Waals surface area contributed by atoms with Gasteiger partial charge in [-0.05, 0) is 38.4 Å². The van der Waals surface area contributed by atoms with Crippen LogP contribution in [0.2, 0.25) is 0 Å². The summed E-state index contributed by atoms with van der Waals surface area (Å²) in [6, 6.07) is 11.0. The maximum Gasteiger partial charge on any atom is 0.221 e. The highest BCUT2D eigenvalue weighted by atomic mass is 16.1. The summed E-state index contributed by atoms with van der Waals surface area (Å²) in [7, 11) is 0. The lowest BCUT2D eigenvalue weighted by Crippen LogP contribution is -2.60. The van der Waals surface area contributed by atoms with Crippen LogP contribution >= 0.6 is 0 Å². The Hall–Kier alpha value is -1.39. The van der Waals surface area contributed by atoms with Gasteiger partial charge >= 0.3 is 0 Å². The smallest absolute Gasteiger partial charge is 0.221 e. The monoisotopic (exact) mass is 315 g/mol. The van der Waals surface area contributed by atoms with Crippen LogP contribution in [0, 0.1) is 0 Å².